The van der Waals surface area contributed by atoms with E-state index in [4.69, 9.17) is 18.9 Å². The maximum atomic E-state index is 11.4. The fraction of sp³-hybridized carbons (Fsp3) is 0.667. The van der Waals surface area contributed by atoms with Crippen LogP contribution in [0.3, 0.4) is 0 Å². The van der Waals surface area contributed by atoms with Gasteiger partial charge in [0, 0.05) is 20.1 Å². The average Bonchev–Trinajstić information content (AvgIpc) is 3.13. The van der Waals surface area contributed by atoms with Crippen molar-refractivity contribution in [2.45, 2.75) is 39.3 Å². The number of amides is 1. The SMILES string of the molecule is COCCCOc1cc(C[C@@H](CC2OCCN2C(=O)O)C(C)C)ccc1OC. The molecule has 1 fully saturated rings. The summed E-state index contributed by atoms with van der Waals surface area (Å²) in [6.07, 6.45) is 1.03. The summed E-state index contributed by atoms with van der Waals surface area (Å²) >= 11 is 0. The van der Waals surface area contributed by atoms with Gasteiger partial charge in [0.15, 0.2) is 11.5 Å². The molecule has 1 aromatic rings. The Morgan fingerprint density at radius 2 is 2.07 bits per heavy atom. The Labute approximate surface area is 167 Å². The predicted octanol–water partition coefficient (Wildman–Crippen LogP) is 3.65. The van der Waals surface area contributed by atoms with Gasteiger partial charge in [0.2, 0.25) is 0 Å². The van der Waals surface area contributed by atoms with E-state index in [1.54, 1.807) is 14.2 Å². The van der Waals surface area contributed by atoms with Crippen LogP contribution in [0.4, 0.5) is 4.79 Å². The highest BCUT2D eigenvalue weighted by Gasteiger charge is 2.32. The molecule has 7 nitrogen and oxygen atoms in total. The fourth-order valence-electron chi connectivity index (χ4n) is 3.43. The second-order valence-corrected chi connectivity index (χ2v) is 7.43. The lowest BCUT2D eigenvalue weighted by atomic mass is 9.86. The predicted molar refractivity (Wildman–Crippen MR) is 106 cm³/mol. The van der Waals surface area contributed by atoms with Crippen molar-refractivity contribution < 1.29 is 28.8 Å². The first-order valence-electron chi connectivity index (χ1n) is 9.86. The van der Waals surface area contributed by atoms with Crippen LogP contribution in [0.15, 0.2) is 18.2 Å². The highest BCUT2D eigenvalue weighted by Crippen LogP contribution is 2.32. The largest absolute Gasteiger partial charge is 0.493 e. The third-order valence-electron chi connectivity index (χ3n) is 5.16. The third kappa shape index (κ3) is 6.27. The molecule has 1 aliphatic heterocycles. The Morgan fingerprint density at radius 3 is 2.71 bits per heavy atom. The van der Waals surface area contributed by atoms with E-state index in [0.29, 0.717) is 50.4 Å². The Balaban J connectivity index is 2.06. The van der Waals surface area contributed by atoms with Crippen LogP contribution in [-0.2, 0) is 15.9 Å². The van der Waals surface area contributed by atoms with Gasteiger partial charge in [-0.05, 0) is 42.4 Å². The fourth-order valence-corrected chi connectivity index (χ4v) is 3.43. The van der Waals surface area contributed by atoms with E-state index in [1.807, 2.05) is 18.2 Å². The van der Waals surface area contributed by atoms with E-state index in [9.17, 15) is 9.90 Å². The molecule has 1 unspecified atom stereocenters. The molecule has 0 spiro atoms. The topological polar surface area (TPSA) is 77.5 Å². The van der Waals surface area contributed by atoms with Gasteiger partial charge in [-0.3, -0.25) is 4.90 Å². The molecule has 2 atom stereocenters. The zero-order chi connectivity index (χ0) is 20.5. The van der Waals surface area contributed by atoms with Crippen LogP contribution in [0.2, 0.25) is 0 Å². The van der Waals surface area contributed by atoms with Crippen molar-refractivity contribution in [3.63, 3.8) is 0 Å². The van der Waals surface area contributed by atoms with E-state index in [-0.39, 0.29) is 6.23 Å². The minimum absolute atomic E-state index is 0.291. The number of benzene rings is 1. The molecule has 1 aromatic carbocycles. The molecule has 7 heteroatoms. The molecule has 1 amide bonds. The molecule has 0 radical (unpaired) electrons. The van der Waals surface area contributed by atoms with Gasteiger partial charge in [-0.25, -0.2) is 4.79 Å². The summed E-state index contributed by atoms with van der Waals surface area (Å²) in [5.74, 6) is 2.12. The van der Waals surface area contributed by atoms with Gasteiger partial charge in [0.25, 0.3) is 0 Å². The van der Waals surface area contributed by atoms with Crippen molar-refractivity contribution in [3.05, 3.63) is 23.8 Å². The van der Waals surface area contributed by atoms with Crippen LogP contribution in [0.25, 0.3) is 0 Å². The van der Waals surface area contributed by atoms with Crippen LogP contribution in [0.5, 0.6) is 11.5 Å². The number of rotatable bonds is 11. The first-order chi connectivity index (χ1) is 13.5. The number of methoxy groups -OCH3 is 2. The summed E-state index contributed by atoms with van der Waals surface area (Å²) in [6, 6.07) is 5.99. The standard InChI is InChI=1S/C21H33NO6/c1-15(2)17(14-20-22(21(23)24)8-11-28-20)12-16-6-7-18(26-4)19(13-16)27-10-5-9-25-3/h6-7,13,15,17,20H,5,8-12,14H2,1-4H3,(H,23,24)/t17-,20?/m0/s1. The summed E-state index contributed by atoms with van der Waals surface area (Å²) in [5.41, 5.74) is 1.14. The molecule has 0 aromatic heterocycles. The number of nitrogens with zero attached hydrogens (tertiary/aromatic N) is 1. The Morgan fingerprint density at radius 1 is 1.29 bits per heavy atom. The van der Waals surface area contributed by atoms with Crippen LogP contribution in [0, 0.1) is 11.8 Å². The smallest absolute Gasteiger partial charge is 0.409 e. The number of ether oxygens (including phenoxy) is 4. The molecule has 0 aliphatic carbocycles. The maximum Gasteiger partial charge on any atom is 0.409 e. The van der Waals surface area contributed by atoms with Crippen LogP contribution in [-0.4, -0.2) is 62.9 Å². The molecule has 28 heavy (non-hydrogen) atoms. The molecule has 1 heterocycles. The summed E-state index contributed by atoms with van der Waals surface area (Å²) in [6.45, 7) is 6.44. The van der Waals surface area contributed by atoms with Crippen molar-refractivity contribution >= 4 is 6.09 Å². The third-order valence-corrected chi connectivity index (χ3v) is 5.16. The first kappa shape index (κ1) is 22.3. The van der Waals surface area contributed by atoms with Gasteiger partial charge in [-0.2, -0.15) is 0 Å². The lowest BCUT2D eigenvalue weighted by molar-refractivity contribution is 0.0139. The number of carboxylic acid groups (broad SMARTS) is 1. The van der Waals surface area contributed by atoms with E-state index >= 15 is 0 Å². The van der Waals surface area contributed by atoms with Gasteiger partial charge < -0.3 is 24.1 Å². The van der Waals surface area contributed by atoms with Gasteiger partial charge >= 0.3 is 6.09 Å². The zero-order valence-electron chi connectivity index (χ0n) is 17.3. The normalized spacial score (nSPS) is 17.8. The van der Waals surface area contributed by atoms with Crippen molar-refractivity contribution in [2.75, 3.05) is 40.6 Å². The Hall–Kier alpha value is -1.99. The minimum atomic E-state index is -0.916. The molecule has 1 saturated heterocycles. The van der Waals surface area contributed by atoms with Crippen LogP contribution in [0.1, 0.15) is 32.3 Å². The average molecular weight is 395 g/mol. The molecule has 1 aliphatic rings. The molecule has 0 saturated carbocycles. The van der Waals surface area contributed by atoms with E-state index in [1.165, 1.54) is 4.90 Å². The number of hydrogen-bond donors (Lipinski definition) is 1. The molecule has 158 valence electrons. The van der Waals surface area contributed by atoms with Gasteiger partial charge in [0.1, 0.15) is 6.23 Å². The lowest BCUT2D eigenvalue weighted by Crippen LogP contribution is -2.37. The van der Waals surface area contributed by atoms with Gasteiger partial charge in [-0.15, -0.1) is 0 Å². The summed E-state index contributed by atoms with van der Waals surface area (Å²) < 4.78 is 22.0. The van der Waals surface area contributed by atoms with Crippen molar-refractivity contribution in [2.24, 2.45) is 11.8 Å². The molecular formula is C21H33NO6. The van der Waals surface area contributed by atoms with E-state index in [2.05, 4.69) is 13.8 Å². The first-order valence-corrected chi connectivity index (χ1v) is 9.86. The van der Waals surface area contributed by atoms with Crippen molar-refractivity contribution in [1.82, 2.24) is 4.90 Å². The molecule has 0 bridgehead atoms. The van der Waals surface area contributed by atoms with E-state index in [0.717, 1.165) is 24.2 Å². The van der Waals surface area contributed by atoms with Gasteiger partial charge in [0.05, 0.1) is 26.9 Å². The number of hydrogen-bond acceptors (Lipinski definition) is 5. The highest BCUT2D eigenvalue weighted by molar-refractivity contribution is 5.65. The summed E-state index contributed by atoms with van der Waals surface area (Å²) in [5, 5.41) is 9.35. The second-order valence-electron chi connectivity index (χ2n) is 7.43. The van der Waals surface area contributed by atoms with E-state index < -0.39 is 6.09 Å². The zero-order valence-corrected chi connectivity index (χ0v) is 17.3. The van der Waals surface area contributed by atoms with Crippen molar-refractivity contribution in [3.8, 4) is 11.5 Å². The van der Waals surface area contributed by atoms with Gasteiger partial charge in [-0.1, -0.05) is 19.9 Å². The minimum Gasteiger partial charge on any atom is -0.493 e. The van der Waals surface area contributed by atoms with Crippen LogP contribution >= 0.6 is 0 Å². The molecule has 2 rings (SSSR count). The second kappa shape index (κ2) is 11.1. The van der Waals surface area contributed by atoms with Crippen LogP contribution < -0.4 is 9.47 Å². The maximum absolute atomic E-state index is 11.4. The Kier molecular flexibility index (Phi) is 8.86. The lowest BCUT2D eigenvalue weighted by Gasteiger charge is -2.27. The summed E-state index contributed by atoms with van der Waals surface area (Å²) in [7, 11) is 3.30. The Bertz CT molecular complexity index is 621. The van der Waals surface area contributed by atoms with Crippen molar-refractivity contribution in [1.29, 1.82) is 0 Å². The quantitative estimate of drug-likeness (QED) is 0.576. The molecular weight excluding hydrogens is 362 g/mol. The number of carbonyl (C=O) groups is 1. The highest BCUT2D eigenvalue weighted by atomic mass is 16.5. The monoisotopic (exact) mass is 395 g/mol. The summed E-state index contributed by atoms with van der Waals surface area (Å²) in [4.78, 5) is 12.8. The molecule has 1 N–H and O–H groups in total.